The maximum Gasteiger partial charge on any atom is 0.123 e. The maximum atomic E-state index is 13.4. The molecule has 0 aromatic heterocycles. The van der Waals surface area contributed by atoms with E-state index in [9.17, 15) is 4.39 Å². The van der Waals surface area contributed by atoms with Crippen molar-refractivity contribution in [3.63, 3.8) is 0 Å². The van der Waals surface area contributed by atoms with E-state index in [1.165, 1.54) is 47.8 Å². The first-order chi connectivity index (χ1) is 19.1. The van der Waals surface area contributed by atoms with Crippen molar-refractivity contribution in [2.24, 2.45) is 0 Å². The quantitative estimate of drug-likeness (QED) is 0.274. The van der Waals surface area contributed by atoms with E-state index in [2.05, 4.69) is 97.8 Å². The number of aryl methyl sites for hydroxylation is 2. The van der Waals surface area contributed by atoms with Gasteiger partial charge in [0.2, 0.25) is 0 Å². The van der Waals surface area contributed by atoms with Crippen LogP contribution in [0.2, 0.25) is 0 Å². The van der Waals surface area contributed by atoms with Crippen molar-refractivity contribution in [2.75, 3.05) is 18.9 Å². The molecule has 0 bridgehead atoms. The van der Waals surface area contributed by atoms with Gasteiger partial charge in [-0.3, -0.25) is 0 Å². The topological polar surface area (TPSA) is 27.3 Å². The van der Waals surface area contributed by atoms with Crippen molar-refractivity contribution in [3.05, 3.63) is 119 Å². The van der Waals surface area contributed by atoms with Crippen molar-refractivity contribution >= 4 is 11.4 Å². The molecule has 0 radical (unpaired) electrons. The van der Waals surface area contributed by atoms with Crippen LogP contribution >= 0.6 is 0 Å². The normalized spacial score (nSPS) is 12.1. The lowest BCUT2D eigenvalue weighted by atomic mass is 10.1. The molecule has 1 aliphatic heterocycles. The van der Waals surface area contributed by atoms with Gasteiger partial charge in [0.25, 0.3) is 0 Å². The molecule has 0 fully saturated rings. The van der Waals surface area contributed by atoms with Gasteiger partial charge in [-0.05, 0) is 67.5 Å². The fraction of sp³-hybridized carbons (Fsp3) is 0.371. The second-order valence-corrected chi connectivity index (χ2v) is 9.59. The lowest BCUT2D eigenvalue weighted by molar-refractivity contribution is 0.445. The Kier molecular flexibility index (Phi) is 15.2. The highest BCUT2D eigenvalue weighted by Gasteiger charge is 2.18. The Hall–Kier alpha value is -3.53. The Morgan fingerprint density at radius 2 is 1.46 bits per heavy atom. The maximum absolute atomic E-state index is 13.4. The first-order valence-corrected chi connectivity index (χ1v) is 14.5. The fourth-order valence-electron chi connectivity index (χ4n) is 4.22. The zero-order chi connectivity index (χ0) is 28.3. The molecule has 0 saturated carbocycles. The van der Waals surface area contributed by atoms with Gasteiger partial charge in [0.05, 0.1) is 5.70 Å². The number of rotatable bonds is 10. The molecule has 0 saturated heterocycles. The van der Waals surface area contributed by atoms with Crippen LogP contribution in [0.4, 0.5) is 10.1 Å². The molecule has 3 aromatic rings. The van der Waals surface area contributed by atoms with Gasteiger partial charge in [-0.2, -0.15) is 0 Å². The average Bonchev–Trinajstić information content (AvgIpc) is 3.00. The van der Waals surface area contributed by atoms with Crippen molar-refractivity contribution in [3.8, 4) is 0 Å². The van der Waals surface area contributed by atoms with E-state index in [1.807, 2.05) is 25.5 Å². The summed E-state index contributed by atoms with van der Waals surface area (Å²) in [5.74, 6) is -0.193. The molecule has 2 N–H and O–H groups in total. The minimum atomic E-state index is -0.193. The SMILES string of the molecule is CCCCN1C(CC)=CNC=C1c1cccc(F)c1.CCCCc1ccccc1.CCc1ccc(NC)cc1. The number of allylic oxidation sites excluding steroid dienone is 1. The zero-order valence-corrected chi connectivity index (χ0v) is 24.6. The van der Waals surface area contributed by atoms with Gasteiger partial charge in [0.15, 0.2) is 0 Å². The molecule has 0 atom stereocenters. The van der Waals surface area contributed by atoms with E-state index in [4.69, 9.17) is 0 Å². The molecule has 3 aromatic carbocycles. The first kappa shape index (κ1) is 31.7. The smallest absolute Gasteiger partial charge is 0.123 e. The lowest BCUT2D eigenvalue weighted by Gasteiger charge is -2.32. The van der Waals surface area contributed by atoms with Crippen LogP contribution in [-0.4, -0.2) is 18.5 Å². The van der Waals surface area contributed by atoms with Gasteiger partial charge in [0.1, 0.15) is 5.82 Å². The van der Waals surface area contributed by atoms with Crippen molar-refractivity contribution in [1.82, 2.24) is 10.2 Å². The number of nitrogens with zero attached hydrogens (tertiary/aromatic N) is 1. The molecular formula is C35H48FN3. The summed E-state index contributed by atoms with van der Waals surface area (Å²) in [6.07, 6.45) is 12.2. The highest BCUT2D eigenvalue weighted by Crippen LogP contribution is 2.27. The van der Waals surface area contributed by atoms with Crippen molar-refractivity contribution in [1.29, 1.82) is 0 Å². The van der Waals surface area contributed by atoms with Gasteiger partial charge >= 0.3 is 0 Å². The van der Waals surface area contributed by atoms with Gasteiger partial charge in [-0.1, -0.05) is 95.1 Å². The van der Waals surface area contributed by atoms with E-state index in [-0.39, 0.29) is 5.82 Å². The molecule has 39 heavy (non-hydrogen) atoms. The Labute approximate surface area is 236 Å². The summed E-state index contributed by atoms with van der Waals surface area (Å²) in [5.41, 5.74) is 7.24. The van der Waals surface area contributed by atoms with E-state index in [1.54, 1.807) is 12.1 Å². The van der Waals surface area contributed by atoms with Gasteiger partial charge in [-0.15, -0.1) is 0 Å². The molecule has 1 heterocycles. The Balaban J connectivity index is 0.000000225. The first-order valence-electron chi connectivity index (χ1n) is 14.5. The molecule has 0 unspecified atom stereocenters. The number of unbranched alkanes of at least 4 members (excludes halogenated alkanes) is 2. The third kappa shape index (κ3) is 11.4. The number of hydrogen-bond donors (Lipinski definition) is 2. The highest BCUT2D eigenvalue weighted by molar-refractivity contribution is 5.66. The van der Waals surface area contributed by atoms with Crippen LogP contribution in [0, 0.1) is 5.82 Å². The van der Waals surface area contributed by atoms with Crippen LogP contribution < -0.4 is 10.6 Å². The van der Waals surface area contributed by atoms with E-state index < -0.39 is 0 Å². The Morgan fingerprint density at radius 3 is 2.05 bits per heavy atom. The summed E-state index contributed by atoms with van der Waals surface area (Å²) in [5, 5.41) is 6.25. The molecule has 4 rings (SSSR count). The molecule has 3 nitrogen and oxygen atoms in total. The van der Waals surface area contributed by atoms with Crippen LogP contribution in [0.5, 0.6) is 0 Å². The highest BCUT2D eigenvalue weighted by atomic mass is 19.1. The molecule has 0 aliphatic carbocycles. The van der Waals surface area contributed by atoms with Crippen LogP contribution in [0.1, 0.15) is 76.5 Å². The molecular weight excluding hydrogens is 481 g/mol. The minimum Gasteiger partial charge on any atom is -0.388 e. The number of nitrogens with one attached hydrogen (secondary N) is 2. The largest absolute Gasteiger partial charge is 0.388 e. The second-order valence-electron chi connectivity index (χ2n) is 9.59. The van der Waals surface area contributed by atoms with E-state index in [0.717, 1.165) is 43.5 Å². The van der Waals surface area contributed by atoms with E-state index in [0.29, 0.717) is 0 Å². The predicted octanol–water partition coefficient (Wildman–Crippen LogP) is 9.40. The van der Waals surface area contributed by atoms with Gasteiger partial charge < -0.3 is 15.5 Å². The lowest BCUT2D eigenvalue weighted by Crippen LogP contribution is -2.28. The van der Waals surface area contributed by atoms with Gasteiger partial charge in [-0.25, -0.2) is 4.39 Å². The number of hydrogen-bond acceptors (Lipinski definition) is 3. The third-order valence-electron chi connectivity index (χ3n) is 6.64. The molecule has 4 heteroatoms. The van der Waals surface area contributed by atoms with Crippen LogP contribution in [0.25, 0.3) is 5.70 Å². The summed E-state index contributed by atoms with van der Waals surface area (Å²) >= 11 is 0. The van der Waals surface area contributed by atoms with Crippen LogP contribution in [0.3, 0.4) is 0 Å². The zero-order valence-electron chi connectivity index (χ0n) is 24.6. The summed E-state index contributed by atoms with van der Waals surface area (Å²) in [7, 11) is 1.93. The standard InChI is InChI=1S/C16H21FN2.C10H14.C9H13N/c1-3-5-9-19-15(4-2)11-18-12-16(19)13-7-6-8-14(17)10-13;1-2-3-7-10-8-5-4-6-9-10;1-3-8-4-6-9(10-2)7-5-8/h6-8,10-12,18H,3-5,9H2,1-2H3;4-6,8-9H,2-3,7H2,1H3;4-7,10H,3H2,1-2H3. The van der Waals surface area contributed by atoms with Crippen LogP contribution in [-0.2, 0) is 12.8 Å². The Morgan fingerprint density at radius 1 is 0.744 bits per heavy atom. The average molecular weight is 530 g/mol. The third-order valence-corrected chi connectivity index (χ3v) is 6.64. The van der Waals surface area contributed by atoms with Crippen LogP contribution in [0.15, 0.2) is 97.0 Å². The van der Waals surface area contributed by atoms with Crippen molar-refractivity contribution in [2.45, 2.75) is 72.6 Å². The number of halogens is 1. The van der Waals surface area contributed by atoms with Gasteiger partial charge in [0, 0.05) is 42.9 Å². The molecule has 210 valence electrons. The van der Waals surface area contributed by atoms with Crippen molar-refractivity contribution < 1.29 is 4.39 Å². The fourth-order valence-corrected chi connectivity index (χ4v) is 4.22. The number of benzene rings is 3. The summed E-state index contributed by atoms with van der Waals surface area (Å²) < 4.78 is 13.4. The summed E-state index contributed by atoms with van der Waals surface area (Å²) in [6.45, 7) is 9.68. The minimum absolute atomic E-state index is 0.193. The molecule has 0 spiro atoms. The summed E-state index contributed by atoms with van der Waals surface area (Å²) in [6, 6.07) is 25.9. The number of anilines is 1. The van der Waals surface area contributed by atoms with E-state index >= 15 is 0 Å². The second kappa shape index (κ2) is 18.7. The monoisotopic (exact) mass is 529 g/mol. The molecule has 0 amide bonds. The summed E-state index contributed by atoms with van der Waals surface area (Å²) in [4.78, 5) is 2.29. The Bertz CT molecular complexity index is 1100. The molecule has 1 aliphatic rings. The predicted molar refractivity (Wildman–Crippen MR) is 168 cm³/mol.